The zero-order chi connectivity index (χ0) is 11.8. The molecule has 0 aromatic carbocycles. The molecule has 0 aliphatic carbocycles. The summed E-state index contributed by atoms with van der Waals surface area (Å²) in [6, 6.07) is 0. The maximum atomic E-state index is 11.1. The third-order valence-electron chi connectivity index (χ3n) is 1.36. The van der Waals surface area contributed by atoms with Crippen molar-refractivity contribution < 1.29 is 19.1 Å². The molecule has 5 nitrogen and oxygen atoms in total. The fourth-order valence-corrected chi connectivity index (χ4v) is 0.639. The molecule has 1 unspecified atom stereocenters. The van der Waals surface area contributed by atoms with Crippen LogP contribution in [0, 0.1) is 18.3 Å². The van der Waals surface area contributed by atoms with E-state index in [-0.39, 0.29) is 12.5 Å². The molecule has 0 saturated carbocycles. The lowest BCUT2D eigenvalue weighted by Crippen LogP contribution is -2.31. The third kappa shape index (κ3) is 6.38. The smallest absolute Gasteiger partial charge is 0.410 e. The highest BCUT2D eigenvalue weighted by Crippen LogP contribution is 2.01. The SMILES string of the molecule is C#CCNC(=O)OC(C)OC(=O)C(C)C. The van der Waals surface area contributed by atoms with Crippen molar-refractivity contribution in [2.45, 2.75) is 27.1 Å². The minimum Gasteiger partial charge on any atom is -0.425 e. The molecule has 15 heavy (non-hydrogen) atoms. The van der Waals surface area contributed by atoms with E-state index in [4.69, 9.17) is 11.2 Å². The van der Waals surface area contributed by atoms with Gasteiger partial charge in [0, 0.05) is 6.92 Å². The average molecular weight is 213 g/mol. The minimum absolute atomic E-state index is 0.0731. The van der Waals surface area contributed by atoms with Crippen molar-refractivity contribution in [3.8, 4) is 12.3 Å². The molecule has 0 aliphatic heterocycles. The summed E-state index contributed by atoms with van der Waals surface area (Å²) in [5, 5.41) is 2.28. The van der Waals surface area contributed by atoms with Gasteiger partial charge in [-0.3, -0.25) is 4.79 Å². The highest BCUT2D eigenvalue weighted by molar-refractivity contribution is 5.72. The molecule has 0 bridgehead atoms. The van der Waals surface area contributed by atoms with Gasteiger partial charge in [0.2, 0.25) is 6.29 Å². The van der Waals surface area contributed by atoms with Crippen molar-refractivity contribution in [3.63, 3.8) is 0 Å². The van der Waals surface area contributed by atoms with Crippen molar-refractivity contribution in [1.82, 2.24) is 5.32 Å². The number of hydrogen-bond acceptors (Lipinski definition) is 4. The molecule has 84 valence electrons. The van der Waals surface area contributed by atoms with Gasteiger partial charge in [0.1, 0.15) is 0 Å². The van der Waals surface area contributed by atoms with Gasteiger partial charge in [-0.1, -0.05) is 19.8 Å². The molecule has 0 heterocycles. The monoisotopic (exact) mass is 213 g/mol. The molecule has 1 amide bonds. The molecule has 0 rings (SSSR count). The van der Waals surface area contributed by atoms with Crippen LogP contribution in [-0.4, -0.2) is 24.9 Å². The van der Waals surface area contributed by atoms with Gasteiger partial charge in [-0.25, -0.2) is 4.79 Å². The van der Waals surface area contributed by atoms with Crippen LogP contribution < -0.4 is 5.32 Å². The molecule has 0 radical (unpaired) electrons. The number of amides is 1. The lowest BCUT2D eigenvalue weighted by molar-refractivity contribution is -0.168. The lowest BCUT2D eigenvalue weighted by atomic mass is 10.2. The zero-order valence-corrected chi connectivity index (χ0v) is 9.07. The fraction of sp³-hybridized carbons (Fsp3) is 0.600. The van der Waals surface area contributed by atoms with Crippen molar-refractivity contribution in [1.29, 1.82) is 0 Å². The Hall–Kier alpha value is -1.70. The molecule has 0 aliphatic rings. The highest BCUT2D eigenvalue weighted by Gasteiger charge is 2.15. The molecular formula is C10H15NO4. The van der Waals surface area contributed by atoms with Gasteiger partial charge in [-0.15, -0.1) is 6.42 Å². The molecule has 0 aromatic rings. The maximum absolute atomic E-state index is 11.1. The lowest BCUT2D eigenvalue weighted by Gasteiger charge is -2.15. The van der Waals surface area contributed by atoms with Crippen molar-refractivity contribution in [3.05, 3.63) is 0 Å². The number of nitrogens with one attached hydrogen (secondary N) is 1. The van der Waals surface area contributed by atoms with Crippen LogP contribution in [0.4, 0.5) is 4.79 Å². The Morgan fingerprint density at radius 1 is 1.33 bits per heavy atom. The first-order valence-electron chi connectivity index (χ1n) is 4.55. The second kappa shape index (κ2) is 6.71. The summed E-state index contributed by atoms with van der Waals surface area (Å²) in [7, 11) is 0. The molecule has 1 atom stereocenters. The quantitative estimate of drug-likeness (QED) is 0.428. The number of alkyl carbamates (subject to hydrolysis) is 1. The van der Waals surface area contributed by atoms with Crippen LogP contribution in [0.1, 0.15) is 20.8 Å². The van der Waals surface area contributed by atoms with Gasteiger partial charge in [-0.2, -0.15) is 0 Å². The van der Waals surface area contributed by atoms with E-state index in [1.807, 2.05) is 0 Å². The Morgan fingerprint density at radius 2 is 1.93 bits per heavy atom. The van der Waals surface area contributed by atoms with E-state index in [0.29, 0.717) is 0 Å². The van der Waals surface area contributed by atoms with Crippen LogP contribution in [0.2, 0.25) is 0 Å². The predicted molar refractivity (Wildman–Crippen MR) is 53.7 cm³/mol. The third-order valence-corrected chi connectivity index (χ3v) is 1.36. The summed E-state index contributed by atoms with van der Waals surface area (Å²) < 4.78 is 9.47. The van der Waals surface area contributed by atoms with E-state index >= 15 is 0 Å². The number of ether oxygens (including phenoxy) is 2. The van der Waals surface area contributed by atoms with E-state index in [1.54, 1.807) is 13.8 Å². The number of carbonyl (C=O) groups is 2. The molecule has 1 N–H and O–H groups in total. The van der Waals surface area contributed by atoms with Crippen molar-refractivity contribution in [2.24, 2.45) is 5.92 Å². The van der Waals surface area contributed by atoms with E-state index < -0.39 is 18.4 Å². The summed E-state index contributed by atoms with van der Waals surface area (Å²) in [6.07, 6.45) is 3.29. The molecule has 0 fully saturated rings. The Bertz CT molecular complexity index is 267. The first-order valence-corrected chi connectivity index (χ1v) is 4.55. The van der Waals surface area contributed by atoms with Crippen LogP contribution in [0.3, 0.4) is 0 Å². The number of esters is 1. The normalized spacial score (nSPS) is 11.4. The van der Waals surface area contributed by atoms with E-state index in [0.717, 1.165) is 0 Å². The summed E-state index contributed by atoms with van der Waals surface area (Å²) in [5.41, 5.74) is 0. The van der Waals surface area contributed by atoms with E-state index in [2.05, 4.69) is 16.0 Å². The first kappa shape index (κ1) is 13.3. The highest BCUT2D eigenvalue weighted by atomic mass is 16.7. The van der Waals surface area contributed by atoms with E-state index in [1.165, 1.54) is 6.92 Å². The van der Waals surface area contributed by atoms with Gasteiger partial charge in [0.25, 0.3) is 0 Å². The van der Waals surface area contributed by atoms with Crippen LogP contribution in [-0.2, 0) is 14.3 Å². The molecule has 0 aromatic heterocycles. The number of carbonyl (C=O) groups excluding carboxylic acids is 2. The Labute approximate surface area is 89.1 Å². The Kier molecular flexibility index (Phi) is 5.95. The molecule has 0 saturated heterocycles. The molecule has 5 heteroatoms. The predicted octanol–water partition coefficient (Wildman–Crippen LogP) is 0.891. The molecular weight excluding hydrogens is 198 g/mol. The minimum atomic E-state index is -0.919. The second-order valence-electron chi connectivity index (χ2n) is 3.12. The standard InChI is InChI=1S/C10H15NO4/c1-5-6-11-10(13)15-8(4)14-9(12)7(2)3/h1,7-8H,6H2,2-4H3,(H,11,13). The largest absolute Gasteiger partial charge is 0.425 e. The van der Waals surface area contributed by atoms with Crippen LogP contribution in [0.5, 0.6) is 0 Å². The van der Waals surface area contributed by atoms with Crippen LogP contribution >= 0.6 is 0 Å². The fourth-order valence-electron chi connectivity index (χ4n) is 0.639. The van der Waals surface area contributed by atoms with E-state index in [9.17, 15) is 9.59 Å². The Balaban J connectivity index is 3.84. The van der Waals surface area contributed by atoms with Gasteiger partial charge < -0.3 is 14.8 Å². The van der Waals surface area contributed by atoms with Gasteiger partial charge in [0.05, 0.1) is 12.5 Å². The van der Waals surface area contributed by atoms with Gasteiger partial charge >= 0.3 is 12.1 Å². The summed E-state index contributed by atoms with van der Waals surface area (Å²) in [6.45, 7) is 4.90. The maximum Gasteiger partial charge on any atom is 0.410 e. The van der Waals surface area contributed by atoms with Gasteiger partial charge in [0.15, 0.2) is 0 Å². The van der Waals surface area contributed by atoms with Gasteiger partial charge in [-0.05, 0) is 0 Å². The van der Waals surface area contributed by atoms with Crippen molar-refractivity contribution >= 4 is 12.1 Å². The summed E-state index contributed by atoms with van der Waals surface area (Å²) in [4.78, 5) is 22.0. The number of hydrogen-bond donors (Lipinski definition) is 1. The summed E-state index contributed by atoms with van der Waals surface area (Å²) >= 11 is 0. The molecule has 0 spiro atoms. The number of terminal acetylenes is 1. The van der Waals surface area contributed by atoms with Crippen LogP contribution in [0.25, 0.3) is 0 Å². The second-order valence-corrected chi connectivity index (χ2v) is 3.12. The summed E-state index contributed by atoms with van der Waals surface area (Å²) in [5.74, 6) is 1.53. The average Bonchev–Trinajstić information content (AvgIpc) is 2.14. The first-order chi connectivity index (χ1) is 6.97. The van der Waals surface area contributed by atoms with Crippen LogP contribution in [0.15, 0.2) is 0 Å². The number of rotatable bonds is 4. The Morgan fingerprint density at radius 3 is 2.40 bits per heavy atom. The van der Waals surface area contributed by atoms with Crippen molar-refractivity contribution in [2.75, 3.05) is 6.54 Å². The zero-order valence-electron chi connectivity index (χ0n) is 9.07. The topological polar surface area (TPSA) is 64.6 Å².